The Hall–Kier alpha value is -2.17. The van der Waals surface area contributed by atoms with E-state index in [4.69, 9.17) is 9.47 Å². The minimum Gasteiger partial charge on any atom is -0.462 e. The van der Waals surface area contributed by atoms with Gasteiger partial charge >= 0.3 is 11.9 Å². The van der Waals surface area contributed by atoms with Crippen molar-refractivity contribution in [3.05, 3.63) is 40.2 Å². The fourth-order valence-corrected chi connectivity index (χ4v) is 3.26. The van der Waals surface area contributed by atoms with E-state index in [2.05, 4.69) is 17.1 Å². The average molecular weight is 331 g/mol. The van der Waals surface area contributed by atoms with Gasteiger partial charge < -0.3 is 9.47 Å². The molecule has 0 amide bonds. The zero-order valence-electron chi connectivity index (χ0n) is 14.8. The first-order chi connectivity index (χ1) is 11.5. The number of nitrogens with zero attached hydrogens (tertiary/aromatic N) is 1. The van der Waals surface area contributed by atoms with Crippen LogP contribution in [0.5, 0.6) is 0 Å². The number of hydrogen-bond donors (Lipinski definition) is 0. The van der Waals surface area contributed by atoms with Gasteiger partial charge in [0.05, 0.1) is 35.7 Å². The summed E-state index contributed by atoms with van der Waals surface area (Å²) < 4.78 is 10.5. The fraction of sp³-hybridized carbons (Fsp3) is 0.526. The Labute approximate surface area is 143 Å². The molecule has 1 atom stereocenters. The summed E-state index contributed by atoms with van der Waals surface area (Å²) in [6.07, 6.45) is 6.84. The maximum atomic E-state index is 12.5. The number of hydrogen-bond acceptors (Lipinski definition) is 5. The molecule has 5 heteroatoms. The molecule has 1 aliphatic rings. The molecule has 1 aromatic heterocycles. The van der Waals surface area contributed by atoms with Crippen LogP contribution in [0.1, 0.15) is 76.7 Å². The number of rotatable bonds is 5. The van der Waals surface area contributed by atoms with E-state index in [0.29, 0.717) is 22.5 Å². The molecule has 0 N–H and O–H groups in total. The van der Waals surface area contributed by atoms with Gasteiger partial charge in [-0.2, -0.15) is 0 Å². The molecule has 0 radical (unpaired) electrons. The van der Waals surface area contributed by atoms with Crippen LogP contribution in [0.15, 0.2) is 12.2 Å². The van der Waals surface area contributed by atoms with Crippen molar-refractivity contribution in [2.24, 2.45) is 0 Å². The molecule has 2 rings (SSSR count). The van der Waals surface area contributed by atoms with Crippen molar-refractivity contribution >= 4 is 11.9 Å². The van der Waals surface area contributed by atoms with E-state index in [1.54, 1.807) is 27.7 Å². The number of allylic oxidation sites excluding steroid dienone is 2. The van der Waals surface area contributed by atoms with E-state index in [1.165, 1.54) is 0 Å². The highest BCUT2D eigenvalue weighted by atomic mass is 16.5. The molecule has 0 spiro atoms. The van der Waals surface area contributed by atoms with Crippen molar-refractivity contribution in [3.63, 3.8) is 0 Å². The normalized spacial score (nSPS) is 16.8. The van der Waals surface area contributed by atoms with Crippen molar-refractivity contribution in [1.82, 2.24) is 4.98 Å². The third-order valence-electron chi connectivity index (χ3n) is 4.23. The molecule has 1 aliphatic carbocycles. The third kappa shape index (κ3) is 3.66. The summed E-state index contributed by atoms with van der Waals surface area (Å²) in [6, 6.07) is 0. The van der Waals surface area contributed by atoms with Crippen LogP contribution in [0.25, 0.3) is 0 Å². The maximum Gasteiger partial charge on any atom is 0.340 e. The van der Waals surface area contributed by atoms with E-state index in [9.17, 15) is 9.59 Å². The van der Waals surface area contributed by atoms with Gasteiger partial charge in [0, 0.05) is 0 Å². The minimum atomic E-state index is -0.419. The van der Waals surface area contributed by atoms with Gasteiger partial charge in [0.15, 0.2) is 0 Å². The number of carbonyl (C=O) groups excluding carboxylic acids is 2. The van der Waals surface area contributed by atoms with Crippen molar-refractivity contribution < 1.29 is 19.1 Å². The molecule has 0 aromatic carbocycles. The Balaban J connectivity index is 2.68. The van der Waals surface area contributed by atoms with Crippen molar-refractivity contribution in [2.75, 3.05) is 13.2 Å². The van der Waals surface area contributed by atoms with Gasteiger partial charge in [-0.15, -0.1) is 0 Å². The van der Waals surface area contributed by atoms with Crippen LogP contribution < -0.4 is 0 Å². The third-order valence-corrected chi connectivity index (χ3v) is 4.23. The molecule has 1 aromatic rings. The number of aromatic nitrogens is 1. The van der Waals surface area contributed by atoms with Gasteiger partial charge in [-0.3, -0.25) is 4.98 Å². The quantitative estimate of drug-likeness (QED) is 0.605. The summed E-state index contributed by atoms with van der Waals surface area (Å²) >= 11 is 0. The number of carbonyl (C=O) groups is 2. The van der Waals surface area contributed by atoms with E-state index < -0.39 is 11.9 Å². The van der Waals surface area contributed by atoms with Crippen LogP contribution in [0, 0.1) is 13.8 Å². The van der Waals surface area contributed by atoms with Crippen LogP contribution in [0.2, 0.25) is 0 Å². The molecule has 1 heterocycles. The lowest BCUT2D eigenvalue weighted by Gasteiger charge is -2.25. The summed E-state index contributed by atoms with van der Waals surface area (Å²) in [5.41, 5.74) is 2.78. The van der Waals surface area contributed by atoms with Crippen LogP contribution in [0.4, 0.5) is 0 Å². The highest BCUT2D eigenvalue weighted by Gasteiger charge is 2.31. The lowest BCUT2D eigenvalue weighted by Crippen LogP contribution is -2.22. The van der Waals surface area contributed by atoms with Crippen molar-refractivity contribution in [1.29, 1.82) is 0 Å². The predicted molar refractivity (Wildman–Crippen MR) is 91.4 cm³/mol. The van der Waals surface area contributed by atoms with E-state index in [-0.39, 0.29) is 19.1 Å². The molecule has 1 unspecified atom stereocenters. The lowest BCUT2D eigenvalue weighted by molar-refractivity contribution is 0.0519. The number of ether oxygens (including phenoxy) is 2. The summed E-state index contributed by atoms with van der Waals surface area (Å²) in [6.45, 7) is 7.68. The Morgan fingerprint density at radius 1 is 1.04 bits per heavy atom. The molecular weight excluding hydrogens is 306 g/mol. The molecule has 0 fully saturated rings. The molecule has 5 nitrogen and oxygen atoms in total. The molecule has 24 heavy (non-hydrogen) atoms. The van der Waals surface area contributed by atoms with Crippen LogP contribution >= 0.6 is 0 Å². The molecule has 0 saturated heterocycles. The second-order valence-electron chi connectivity index (χ2n) is 5.87. The number of aryl methyl sites for hydroxylation is 2. The van der Waals surface area contributed by atoms with Crippen molar-refractivity contribution in [2.45, 2.75) is 52.9 Å². The first-order valence-electron chi connectivity index (χ1n) is 8.51. The van der Waals surface area contributed by atoms with Gasteiger partial charge in [-0.05, 0) is 58.4 Å². The molecular formula is C19H25NO4. The standard InChI is InChI=1S/C19H25NO4/c1-5-23-18(21)15-12(3)20-13(4)16(19(22)24-6-2)17(15)14-10-8-7-9-11-14/h7-8,14H,5-6,9-11H2,1-4H3. The second-order valence-corrected chi connectivity index (χ2v) is 5.87. The Bertz CT molecular complexity index is 622. The monoisotopic (exact) mass is 331 g/mol. The molecule has 0 bridgehead atoms. The van der Waals surface area contributed by atoms with E-state index in [1.807, 2.05) is 0 Å². The van der Waals surface area contributed by atoms with Gasteiger partial charge in [-0.25, -0.2) is 9.59 Å². The summed E-state index contributed by atoms with van der Waals surface area (Å²) in [7, 11) is 0. The first-order valence-corrected chi connectivity index (χ1v) is 8.51. The first kappa shape index (κ1) is 18.2. The number of pyridine rings is 1. The summed E-state index contributed by atoms with van der Waals surface area (Å²) in [5.74, 6) is -0.746. The average Bonchev–Trinajstić information content (AvgIpc) is 2.55. The topological polar surface area (TPSA) is 65.5 Å². The van der Waals surface area contributed by atoms with Gasteiger partial charge in [-0.1, -0.05) is 12.2 Å². The number of esters is 2. The maximum absolute atomic E-state index is 12.5. The smallest absolute Gasteiger partial charge is 0.340 e. The molecule has 0 saturated carbocycles. The minimum absolute atomic E-state index is 0.0919. The highest BCUT2D eigenvalue weighted by Crippen LogP contribution is 2.36. The Morgan fingerprint density at radius 3 is 2.00 bits per heavy atom. The zero-order valence-corrected chi connectivity index (χ0v) is 14.8. The van der Waals surface area contributed by atoms with Gasteiger partial charge in [0.2, 0.25) is 0 Å². The predicted octanol–water partition coefficient (Wildman–Crippen LogP) is 3.88. The van der Waals surface area contributed by atoms with E-state index >= 15 is 0 Å². The Morgan fingerprint density at radius 2 is 1.58 bits per heavy atom. The highest BCUT2D eigenvalue weighted by molar-refractivity contribution is 5.99. The second kappa shape index (κ2) is 8.08. The SMILES string of the molecule is CCOC(=O)c1c(C)nc(C)c(C(=O)OCC)c1C1CC=CCC1. The fourth-order valence-electron chi connectivity index (χ4n) is 3.26. The summed E-state index contributed by atoms with van der Waals surface area (Å²) in [4.78, 5) is 29.5. The Kier molecular flexibility index (Phi) is 6.12. The van der Waals surface area contributed by atoms with Crippen molar-refractivity contribution in [3.8, 4) is 0 Å². The zero-order chi connectivity index (χ0) is 17.7. The molecule has 0 aliphatic heterocycles. The largest absolute Gasteiger partial charge is 0.462 e. The van der Waals surface area contributed by atoms with Gasteiger partial charge in [0.25, 0.3) is 0 Å². The van der Waals surface area contributed by atoms with Crippen LogP contribution in [-0.4, -0.2) is 30.1 Å². The molecule has 130 valence electrons. The summed E-state index contributed by atoms with van der Waals surface area (Å²) in [5, 5.41) is 0. The van der Waals surface area contributed by atoms with Crippen LogP contribution in [-0.2, 0) is 9.47 Å². The van der Waals surface area contributed by atoms with Crippen LogP contribution in [0.3, 0.4) is 0 Å². The van der Waals surface area contributed by atoms with Gasteiger partial charge in [0.1, 0.15) is 0 Å². The van der Waals surface area contributed by atoms with E-state index in [0.717, 1.165) is 24.8 Å². The lowest BCUT2D eigenvalue weighted by atomic mass is 9.81.